The number of amides is 1. The topological polar surface area (TPSA) is 66.5 Å². The van der Waals surface area contributed by atoms with Crippen LogP contribution in [-0.4, -0.2) is 33.2 Å². The standard InChI is InChI=1S/C25H26ClFN2O3S2/c1-19-7-13-22(14-8-19)34(31,32)29(24-6-3-2-5-23(24)27)17-25(30)28-15-4-16-33-18-20-9-11-21(26)12-10-20/h2-3,5-14H,4,15-18H2,1H3,(H,28,30). The lowest BCUT2D eigenvalue weighted by atomic mass is 10.2. The lowest BCUT2D eigenvalue weighted by Gasteiger charge is -2.24. The summed E-state index contributed by atoms with van der Waals surface area (Å²) >= 11 is 7.62. The summed E-state index contributed by atoms with van der Waals surface area (Å²) in [5.74, 6) is 0.439. The van der Waals surface area contributed by atoms with Crippen molar-refractivity contribution in [3.05, 3.63) is 94.8 Å². The summed E-state index contributed by atoms with van der Waals surface area (Å²) in [6.07, 6.45) is 0.717. The second-order valence-electron chi connectivity index (χ2n) is 7.66. The monoisotopic (exact) mass is 520 g/mol. The molecular formula is C25H26ClFN2O3S2. The summed E-state index contributed by atoms with van der Waals surface area (Å²) in [4.78, 5) is 12.6. The Morgan fingerprint density at radius 1 is 1.03 bits per heavy atom. The highest BCUT2D eigenvalue weighted by molar-refractivity contribution is 7.98. The fourth-order valence-electron chi connectivity index (χ4n) is 3.15. The number of sulfonamides is 1. The maximum absolute atomic E-state index is 14.5. The molecule has 3 rings (SSSR count). The SMILES string of the molecule is Cc1ccc(S(=O)(=O)N(CC(=O)NCCCSCc2ccc(Cl)cc2)c2ccccc2F)cc1. The third-order valence-electron chi connectivity index (χ3n) is 4.99. The van der Waals surface area contributed by atoms with Gasteiger partial charge in [0, 0.05) is 17.3 Å². The second kappa shape index (κ2) is 12.2. The van der Waals surface area contributed by atoms with Gasteiger partial charge in [0.15, 0.2) is 0 Å². The first-order valence-corrected chi connectivity index (χ1v) is 13.7. The van der Waals surface area contributed by atoms with Crippen LogP contribution >= 0.6 is 23.4 Å². The summed E-state index contributed by atoms with van der Waals surface area (Å²) in [7, 11) is -4.14. The number of aryl methyl sites for hydroxylation is 1. The zero-order valence-corrected chi connectivity index (χ0v) is 21.1. The van der Waals surface area contributed by atoms with Gasteiger partial charge in [-0.3, -0.25) is 9.10 Å². The van der Waals surface area contributed by atoms with Crippen LogP contribution in [0.5, 0.6) is 0 Å². The van der Waals surface area contributed by atoms with Crippen LogP contribution in [0.1, 0.15) is 17.5 Å². The van der Waals surface area contributed by atoms with Crippen molar-refractivity contribution in [2.24, 2.45) is 0 Å². The molecule has 3 aromatic carbocycles. The predicted octanol–water partition coefficient (Wildman–Crippen LogP) is 5.42. The number of carbonyl (C=O) groups is 1. The van der Waals surface area contributed by atoms with Gasteiger partial charge in [-0.05, 0) is 61.1 Å². The second-order valence-corrected chi connectivity index (χ2v) is 11.1. The van der Waals surface area contributed by atoms with E-state index in [9.17, 15) is 17.6 Å². The summed E-state index contributed by atoms with van der Waals surface area (Å²) < 4.78 is 41.9. The van der Waals surface area contributed by atoms with Gasteiger partial charge in [0.05, 0.1) is 10.6 Å². The summed E-state index contributed by atoms with van der Waals surface area (Å²) in [5.41, 5.74) is 1.89. The number of halogens is 2. The van der Waals surface area contributed by atoms with Gasteiger partial charge in [-0.1, -0.05) is 53.6 Å². The van der Waals surface area contributed by atoms with Crippen LogP contribution in [-0.2, 0) is 20.6 Å². The molecule has 0 heterocycles. The van der Waals surface area contributed by atoms with Gasteiger partial charge in [-0.15, -0.1) is 0 Å². The molecule has 3 aromatic rings. The third-order valence-corrected chi connectivity index (χ3v) is 8.13. The lowest BCUT2D eigenvalue weighted by Crippen LogP contribution is -2.41. The van der Waals surface area contributed by atoms with E-state index in [2.05, 4.69) is 5.32 Å². The highest BCUT2D eigenvalue weighted by Gasteiger charge is 2.29. The van der Waals surface area contributed by atoms with Crippen LogP contribution in [0, 0.1) is 12.7 Å². The Morgan fingerprint density at radius 2 is 1.71 bits per heavy atom. The molecular weight excluding hydrogens is 495 g/mol. The van der Waals surface area contributed by atoms with Crippen molar-refractivity contribution < 1.29 is 17.6 Å². The van der Waals surface area contributed by atoms with E-state index in [1.165, 1.54) is 42.0 Å². The lowest BCUT2D eigenvalue weighted by molar-refractivity contribution is -0.119. The highest BCUT2D eigenvalue weighted by Crippen LogP contribution is 2.26. The van der Waals surface area contributed by atoms with Crippen molar-refractivity contribution in [2.75, 3.05) is 23.1 Å². The third kappa shape index (κ3) is 7.22. The van der Waals surface area contributed by atoms with Crippen molar-refractivity contribution in [1.29, 1.82) is 0 Å². The van der Waals surface area contributed by atoms with E-state index in [4.69, 9.17) is 11.6 Å². The summed E-state index contributed by atoms with van der Waals surface area (Å²) in [6.45, 7) is 1.71. The number of rotatable bonds is 11. The average Bonchev–Trinajstić information content (AvgIpc) is 2.81. The molecule has 0 aliphatic carbocycles. The first kappa shape index (κ1) is 26.1. The van der Waals surface area contributed by atoms with Crippen molar-refractivity contribution in [3.63, 3.8) is 0 Å². The molecule has 0 unspecified atom stereocenters. The molecule has 1 amide bonds. The van der Waals surface area contributed by atoms with Crippen LogP contribution in [0.25, 0.3) is 0 Å². The number of hydrogen-bond donors (Lipinski definition) is 1. The van der Waals surface area contributed by atoms with E-state index in [-0.39, 0.29) is 10.6 Å². The number of benzene rings is 3. The van der Waals surface area contributed by atoms with Gasteiger partial charge < -0.3 is 5.32 Å². The number of carbonyl (C=O) groups excluding carboxylic acids is 1. The number of anilines is 1. The fraction of sp³-hybridized carbons (Fsp3) is 0.240. The Labute approximate surface area is 209 Å². The molecule has 0 aliphatic heterocycles. The minimum Gasteiger partial charge on any atom is -0.354 e. The Kier molecular flexibility index (Phi) is 9.38. The van der Waals surface area contributed by atoms with Crippen molar-refractivity contribution >= 4 is 45.0 Å². The van der Waals surface area contributed by atoms with Crippen LogP contribution < -0.4 is 9.62 Å². The molecule has 1 N–H and O–H groups in total. The van der Waals surface area contributed by atoms with E-state index in [1.54, 1.807) is 23.9 Å². The Balaban J connectivity index is 1.59. The highest BCUT2D eigenvalue weighted by atomic mass is 35.5. The Hall–Kier alpha value is -2.55. The molecule has 0 atom stereocenters. The van der Waals surface area contributed by atoms with Crippen molar-refractivity contribution in [1.82, 2.24) is 5.32 Å². The van der Waals surface area contributed by atoms with Crippen LogP contribution in [0.15, 0.2) is 77.7 Å². The number of nitrogens with zero attached hydrogens (tertiary/aromatic N) is 1. The molecule has 34 heavy (non-hydrogen) atoms. The zero-order chi connectivity index (χ0) is 24.6. The zero-order valence-electron chi connectivity index (χ0n) is 18.7. The van der Waals surface area contributed by atoms with E-state index in [0.29, 0.717) is 18.0 Å². The minimum atomic E-state index is -4.14. The predicted molar refractivity (Wildman–Crippen MR) is 137 cm³/mol. The van der Waals surface area contributed by atoms with Crippen LogP contribution in [0.3, 0.4) is 0 Å². The molecule has 0 fully saturated rings. The van der Waals surface area contributed by atoms with Gasteiger partial charge in [0.1, 0.15) is 12.4 Å². The molecule has 9 heteroatoms. The number of thioether (sulfide) groups is 1. The van der Waals surface area contributed by atoms with Gasteiger partial charge in [-0.25, -0.2) is 12.8 Å². The smallest absolute Gasteiger partial charge is 0.264 e. The van der Waals surface area contributed by atoms with E-state index in [1.807, 2.05) is 31.2 Å². The molecule has 0 aromatic heterocycles. The maximum atomic E-state index is 14.5. The number of nitrogens with one attached hydrogen (secondary N) is 1. The number of para-hydroxylation sites is 1. The molecule has 0 saturated heterocycles. The summed E-state index contributed by atoms with van der Waals surface area (Å²) in [5, 5.41) is 3.44. The van der Waals surface area contributed by atoms with Crippen LogP contribution in [0.2, 0.25) is 5.02 Å². The molecule has 180 valence electrons. The quantitative estimate of drug-likeness (QED) is 0.343. The molecule has 0 spiro atoms. The van der Waals surface area contributed by atoms with Crippen LogP contribution in [0.4, 0.5) is 10.1 Å². The number of hydrogen-bond acceptors (Lipinski definition) is 4. The van der Waals surface area contributed by atoms with E-state index in [0.717, 1.165) is 21.4 Å². The van der Waals surface area contributed by atoms with Gasteiger partial charge in [0.25, 0.3) is 10.0 Å². The maximum Gasteiger partial charge on any atom is 0.264 e. The molecule has 0 radical (unpaired) electrons. The Morgan fingerprint density at radius 3 is 2.38 bits per heavy atom. The first-order valence-electron chi connectivity index (χ1n) is 10.7. The molecule has 0 aliphatic rings. The van der Waals surface area contributed by atoms with Gasteiger partial charge >= 0.3 is 0 Å². The summed E-state index contributed by atoms with van der Waals surface area (Å²) in [6, 6.07) is 19.4. The van der Waals surface area contributed by atoms with E-state index >= 15 is 0 Å². The van der Waals surface area contributed by atoms with Gasteiger partial charge in [0.2, 0.25) is 5.91 Å². The molecule has 0 bridgehead atoms. The average molecular weight is 521 g/mol. The van der Waals surface area contributed by atoms with E-state index < -0.39 is 28.3 Å². The normalized spacial score (nSPS) is 11.3. The van der Waals surface area contributed by atoms with Crippen molar-refractivity contribution in [3.8, 4) is 0 Å². The molecule has 0 saturated carbocycles. The minimum absolute atomic E-state index is 0.00671. The largest absolute Gasteiger partial charge is 0.354 e. The van der Waals surface area contributed by atoms with Gasteiger partial charge in [-0.2, -0.15) is 11.8 Å². The first-order chi connectivity index (χ1) is 16.3. The fourth-order valence-corrected chi connectivity index (χ4v) is 5.63. The molecule has 5 nitrogen and oxygen atoms in total. The Bertz CT molecular complexity index is 1200. The van der Waals surface area contributed by atoms with Crippen molar-refractivity contribution in [2.45, 2.75) is 24.0 Å².